The number of hydrogen-bond donors (Lipinski definition) is 0. The van der Waals surface area contributed by atoms with E-state index in [2.05, 4.69) is 22.9 Å². The molecule has 1 amide bonds. The summed E-state index contributed by atoms with van der Waals surface area (Å²) < 4.78 is 5.12. The zero-order valence-corrected chi connectivity index (χ0v) is 11.6. The summed E-state index contributed by atoms with van der Waals surface area (Å²) in [5.74, 6) is 1.03. The Balaban J connectivity index is 2.13. The molecule has 0 bridgehead atoms. The van der Waals surface area contributed by atoms with E-state index in [0.29, 0.717) is 0 Å². The number of benzene rings is 1. The van der Waals surface area contributed by atoms with E-state index in [0.717, 1.165) is 24.3 Å². The van der Waals surface area contributed by atoms with Gasteiger partial charge in [-0.2, -0.15) is 0 Å². The van der Waals surface area contributed by atoms with Gasteiger partial charge in [-0.05, 0) is 31.0 Å². The predicted molar refractivity (Wildman–Crippen MR) is 70.5 cm³/mol. The highest BCUT2D eigenvalue weighted by Gasteiger charge is 2.32. The van der Waals surface area contributed by atoms with Gasteiger partial charge in [0.25, 0.3) is 0 Å². The lowest BCUT2D eigenvalue weighted by Crippen LogP contribution is -2.30. The van der Waals surface area contributed by atoms with Crippen LogP contribution < -0.4 is 4.74 Å². The first-order valence-electron chi connectivity index (χ1n) is 5.72. The van der Waals surface area contributed by atoms with Gasteiger partial charge in [0.2, 0.25) is 5.91 Å². The molecule has 1 aliphatic rings. The quantitative estimate of drug-likeness (QED) is 0.803. The van der Waals surface area contributed by atoms with Crippen LogP contribution in [0.15, 0.2) is 24.3 Å². The van der Waals surface area contributed by atoms with Crippen molar-refractivity contribution in [3.8, 4) is 5.75 Å². The molecule has 0 saturated carbocycles. The molecular formula is C13H16BrNO2. The van der Waals surface area contributed by atoms with Crippen LogP contribution in [0.2, 0.25) is 0 Å². The Morgan fingerprint density at radius 3 is 2.53 bits per heavy atom. The number of methoxy groups -OCH3 is 1. The summed E-state index contributed by atoms with van der Waals surface area (Å²) in [5.41, 5.74) is 1.14. The van der Waals surface area contributed by atoms with Crippen molar-refractivity contribution < 1.29 is 9.53 Å². The van der Waals surface area contributed by atoms with Gasteiger partial charge in [-0.15, -0.1) is 0 Å². The molecule has 1 fully saturated rings. The SMILES string of the molecule is COc1ccc(C(C)N2CCC(Br)C2=O)cc1. The van der Waals surface area contributed by atoms with Crippen molar-refractivity contribution in [3.05, 3.63) is 29.8 Å². The van der Waals surface area contributed by atoms with E-state index in [1.165, 1.54) is 0 Å². The highest BCUT2D eigenvalue weighted by atomic mass is 79.9. The van der Waals surface area contributed by atoms with Crippen LogP contribution in [0.3, 0.4) is 0 Å². The predicted octanol–water partition coefficient (Wildman–Crippen LogP) is 2.75. The fourth-order valence-corrected chi connectivity index (χ4v) is 2.58. The maximum atomic E-state index is 11.9. The summed E-state index contributed by atoms with van der Waals surface area (Å²) >= 11 is 3.40. The Morgan fingerprint density at radius 1 is 1.41 bits per heavy atom. The molecule has 17 heavy (non-hydrogen) atoms. The van der Waals surface area contributed by atoms with E-state index in [1.807, 2.05) is 29.2 Å². The van der Waals surface area contributed by atoms with E-state index in [9.17, 15) is 4.79 Å². The Morgan fingerprint density at radius 2 is 2.06 bits per heavy atom. The average molecular weight is 298 g/mol. The number of hydrogen-bond acceptors (Lipinski definition) is 2. The summed E-state index contributed by atoms with van der Waals surface area (Å²) in [6, 6.07) is 8.00. The fraction of sp³-hybridized carbons (Fsp3) is 0.462. The summed E-state index contributed by atoms with van der Waals surface area (Å²) in [6.45, 7) is 2.88. The second-order valence-electron chi connectivity index (χ2n) is 4.24. The average Bonchev–Trinajstić information content (AvgIpc) is 2.69. The minimum atomic E-state index is -0.0109. The zero-order chi connectivity index (χ0) is 12.4. The Labute approximate surface area is 110 Å². The van der Waals surface area contributed by atoms with Crippen molar-refractivity contribution in [1.82, 2.24) is 4.90 Å². The molecule has 2 unspecified atom stereocenters. The lowest BCUT2D eigenvalue weighted by atomic mass is 10.1. The lowest BCUT2D eigenvalue weighted by molar-refractivity contribution is -0.128. The third-order valence-electron chi connectivity index (χ3n) is 3.24. The summed E-state index contributed by atoms with van der Waals surface area (Å²) in [4.78, 5) is 13.8. The molecule has 4 heteroatoms. The maximum Gasteiger partial charge on any atom is 0.236 e. The van der Waals surface area contributed by atoms with Crippen molar-refractivity contribution in [2.75, 3.05) is 13.7 Å². The molecule has 1 heterocycles. The third-order valence-corrected chi connectivity index (χ3v) is 4.09. The summed E-state index contributed by atoms with van der Waals surface area (Å²) in [6.07, 6.45) is 0.888. The largest absolute Gasteiger partial charge is 0.497 e. The molecule has 0 spiro atoms. The molecule has 0 radical (unpaired) electrons. The molecular weight excluding hydrogens is 282 g/mol. The third kappa shape index (κ3) is 2.46. The second kappa shape index (κ2) is 5.08. The zero-order valence-electron chi connectivity index (χ0n) is 10.0. The van der Waals surface area contributed by atoms with Gasteiger partial charge in [0, 0.05) is 6.54 Å². The molecule has 1 saturated heterocycles. The van der Waals surface area contributed by atoms with Crippen LogP contribution >= 0.6 is 15.9 Å². The van der Waals surface area contributed by atoms with Crippen LogP contribution in [0.25, 0.3) is 0 Å². The van der Waals surface area contributed by atoms with Crippen LogP contribution in [0.1, 0.15) is 24.9 Å². The van der Waals surface area contributed by atoms with Gasteiger partial charge in [-0.1, -0.05) is 28.1 Å². The molecule has 2 atom stereocenters. The van der Waals surface area contributed by atoms with Crippen molar-refractivity contribution in [1.29, 1.82) is 0 Å². The number of nitrogens with zero attached hydrogens (tertiary/aromatic N) is 1. The fourth-order valence-electron chi connectivity index (χ4n) is 2.11. The van der Waals surface area contributed by atoms with Gasteiger partial charge in [0.05, 0.1) is 18.0 Å². The first-order chi connectivity index (χ1) is 8.13. The molecule has 1 aromatic rings. The molecule has 1 aromatic carbocycles. The van der Waals surface area contributed by atoms with Gasteiger partial charge in [0.15, 0.2) is 0 Å². The van der Waals surface area contributed by atoms with Gasteiger partial charge < -0.3 is 9.64 Å². The van der Waals surface area contributed by atoms with Crippen LogP contribution in [-0.4, -0.2) is 29.3 Å². The number of halogens is 1. The number of ether oxygens (including phenoxy) is 1. The molecule has 2 rings (SSSR count). The number of carbonyl (C=O) groups excluding carboxylic acids is 1. The number of alkyl halides is 1. The molecule has 0 N–H and O–H groups in total. The number of carbonyl (C=O) groups is 1. The summed E-state index contributed by atoms with van der Waals surface area (Å²) in [5, 5.41) is 0. The van der Waals surface area contributed by atoms with Crippen molar-refractivity contribution in [3.63, 3.8) is 0 Å². The molecule has 92 valence electrons. The molecule has 3 nitrogen and oxygen atoms in total. The highest BCUT2D eigenvalue weighted by molar-refractivity contribution is 9.10. The van der Waals surface area contributed by atoms with Gasteiger partial charge in [0.1, 0.15) is 5.75 Å². The first-order valence-corrected chi connectivity index (χ1v) is 6.63. The van der Waals surface area contributed by atoms with Crippen molar-refractivity contribution in [2.45, 2.75) is 24.2 Å². The Hall–Kier alpha value is -1.03. The molecule has 0 aliphatic carbocycles. The Bertz CT molecular complexity index is 404. The van der Waals surface area contributed by atoms with Crippen LogP contribution in [0, 0.1) is 0 Å². The standard InChI is InChI=1S/C13H16BrNO2/c1-9(15-8-7-12(14)13(15)16)10-3-5-11(17-2)6-4-10/h3-6,9,12H,7-8H2,1-2H3. The lowest BCUT2D eigenvalue weighted by Gasteiger charge is -2.24. The summed E-state index contributed by atoms with van der Waals surface area (Å²) in [7, 11) is 1.65. The molecule has 1 aliphatic heterocycles. The smallest absolute Gasteiger partial charge is 0.236 e. The maximum absolute atomic E-state index is 11.9. The number of amides is 1. The normalized spacial score (nSPS) is 21.7. The van der Waals surface area contributed by atoms with E-state index in [1.54, 1.807) is 7.11 Å². The van der Waals surface area contributed by atoms with Crippen LogP contribution in [0.5, 0.6) is 5.75 Å². The van der Waals surface area contributed by atoms with E-state index in [-0.39, 0.29) is 16.8 Å². The minimum absolute atomic E-state index is 0.0109. The van der Waals surface area contributed by atoms with E-state index >= 15 is 0 Å². The van der Waals surface area contributed by atoms with E-state index < -0.39 is 0 Å². The van der Waals surface area contributed by atoms with E-state index in [4.69, 9.17) is 4.74 Å². The van der Waals surface area contributed by atoms with Crippen molar-refractivity contribution in [2.24, 2.45) is 0 Å². The highest BCUT2D eigenvalue weighted by Crippen LogP contribution is 2.29. The monoisotopic (exact) mass is 297 g/mol. The number of likely N-dealkylation sites (tertiary alicyclic amines) is 1. The minimum Gasteiger partial charge on any atom is -0.497 e. The first kappa shape index (κ1) is 12.4. The van der Waals surface area contributed by atoms with Gasteiger partial charge >= 0.3 is 0 Å². The van der Waals surface area contributed by atoms with Crippen LogP contribution in [-0.2, 0) is 4.79 Å². The van der Waals surface area contributed by atoms with Crippen molar-refractivity contribution >= 4 is 21.8 Å². The molecule has 0 aromatic heterocycles. The van der Waals surface area contributed by atoms with Gasteiger partial charge in [-0.3, -0.25) is 4.79 Å². The second-order valence-corrected chi connectivity index (χ2v) is 5.34. The van der Waals surface area contributed by atoms with Gasteiger partial charge in [-0.25, -0.2) is 0 Å². The van der Waals surface area contributed by atoms with Crippen LogP contribution in [0.4, 0.5) is 0 Å². The Kier molecular flexibility index (Phi) is 3.72. The topological polar surface area (TPSA) is 29.5 Å². The number of rotatable bonds is 3.